The lowest BCUT2D eigenvalue weighted by Crippen LogP contribution is -2.18. The van der Waals surface area contributed by atoms with Crippen molar-refractivity contribution in [2.24, 2.45) is 23.7 Å². The molecule has 0 atom stereocenters. The summed E-state index contributed by atoms with van der Waals surface area (Å²) in [6.07, 6.45) is 11.1. The van der Waals surface area contributed by atoms with Crippen molar-refractivity contribution < 1.29 is 14.9 Å². The molecule has 2 saturated carbocycles. The van der Waals surface area contributed by atoms with Crippen LogP contribution in [0.15, 0.2) is 24.7 Å². The Kier molecular flexibility index (Phi) is 7.64. The van der Waals surface area contributed by atoms with Crippen molar-refractivity contribution in [3.8, 4) is 0 Å². The third-order valence-corrected chi connectivity index (χ3v) is 5.77. The van der Waals surface area contributed by atoms with E-state index in [0.717, 1.165) is 50.0 Å². The monoisotopic (exact) mass is 322 g/mol. The van der Waals surface area contributed by atoms with Gasteiger partial charge in [0.2, 0.25) is 0 Å². The Labute approximate surface area is 141 Å². The first kappa shape index (κ1) is 18.5. The summed E-state index contributed by atoms with van der Waals surface area (Å²) in [5, 5.41) is 18.4. The number of ether oxygens (including phenoxy) is 1. The lowest BCUT2D eigenvalue weighted by Gasteiger charge is -2.29. The summed E-state index contributed by atoms with van der Waals surface area (Å²) >= 11 is 0. The van der Waals surface area contributed by atoms with Gasteiger partial charge in [-0.15, -0.1) is 0 Å². The van der Waals surface area contributed by atoms with Crippen molar-refractivity contribution in [2.75, 3.05) is 13.2 Å². The van der Waals surface area contributed by atoms with Crippen molar-refractivity contribution in [1.82, 2.24) is 0 Å². The predicted molar refractivity (Wildman–Crippen MR) is 93.7 cm³/mol. The fraction of sp³-hybridized carbons (Fsp3) is 0.800. The van der Waals surface area contributed by atoms with Gasteiger partial charge < -0.3 is 14.9 Å². The molecule has 0 radical (unpaired) electrons. The van der Waals surface area contributed by atoms with E-state index in [1.54, 1.807) is 0 Å². The Morgan fingerprint density at radius 3 is 1.26 bits per heavy atom. The molecule has 2 rings (SSSR count). The minimum atomic E-state index is 0.333. The van der Waals surface area contributed by atoms with Crippen LogP contribution in [0.3, 0.4) is 0 Å². The van der Waals surface area contributed by atoms with E-state index >= 15 is 0 Å². The lowest BCUT2D eigenvalue weighted by molar-refractivity contribution is 0.150. The SMILES string of the molecule is C=C(CC1CCC(CO)CC1)OC(=C)CC1CCC(CO)CC1. The summed E-state index contributed by atoms with van der Waals surface area (Å²) in [4.78, 5) is 0. The maximum absolute atomic E-state index is 9.20. The molecule has 0 unspecified atom stereocenters. The third kappa shape index (κ3) is 6.31. The first-order valence-corrected chi connectivity index (χ1v) is 9.35. The highest BCUT2D eigenvalue weighted by atomic mass is 16.5. The van der Waals surface area contributed by atoms with Crippen LogP contribution in [0.2, 0.25) is 0 Å². The molecule has 0 aromatic carbocycles. The molecule has 0 saturated heterocycles. The molecule has 0 amide bonds. The normalized spacial score (nSPS) is 31.6. The van der Waals surface area contributed by atoms with Gasteiger partial charge in [-0.25, -0.2) is 0 Å². The van der Waals surface area contributed by atoms with Gasteiger partial charge in [0.1, 0.15) is 0 Å². The molecule has 132 valence electrons. The van der Waals surface area contributed by atoms with Gasteiger partial charge in [-0.1, -0.05) is 13.2 Å². The van der Waals surface area contributed by atoms with E-state index < -0.39 is 0 Å². The van der Waals surface area contributed by atoms with Crippen molar-refractivity contribution in [1.29, 1.82) is 0 Å². The summed E-state index contributed by atoms with van der Waals surface area (Å²) in [7, 11) is 0. The number of rotatable bonds is 8. The zero-order valence-electron chi connectivity index (χ0n) is 14.5. The number of hydrogen-bond donors (Lipinski definition) is 2. The average molecular weight is 322 g/mol. The van der Waals surface area contributed by atoms with Gasteiger partial charge in [0.25, 0.3) is 0 Å². The van der Waals surface area contributed by atoms with Crippen LogP contribution in [0.4, 0.5) is 0 Å². The number of hydrogen-bond acceptors (Lipinski definition) is 3. The zero-order valence-corrected chi connectivity index (χ0v) is 14.5. The Bertz CT molecular complexity index is 338. The van der Waals surface area contributed by atoms with Crippen LogP contribution >= 0.6 is 0 Å². The molecule has 2 aliphatic rings. The minimum absolute atomic E-state index is 0.333. The van der Waals surface area contributed by atoms with Crippen LogP contribution in [0, 0.1) is 23.7 Å². The number of aliphatic hydroxyl groups is 2. The van der Waals surface area contributed by atoms with Crippen LogP contribution in [-0.2, 0) is 4.74 Å². The van der Waals surface area contributed by atoms with E-state index in [4.69, 9.17) is 4.74 Å². The fourth-order valence-corrected chi connectivity index (χ4v) is 4.17. The summed E-state index contributed by atoms with van der Waals surface area (Å²) in [5.74, 6) is 4.02. The third-order valence-electron chi connectivity index (χ3n) is 5.77. The summed E-state index contributed by atoms with van der Waals surface area (Å²) in [6.45, 7) is 8.83. The van der Waals surface area contributed by atoms with Gasteiger partial charge in [-0.05, 0) is 75.0 Å². The van der Waals surface area contributed by atoms with E-state index in [9.17, 15) is 10.2 Å². The Morgan fingerprint density at radius 1 is 0.652 bits per heavy atom. The fourth-order valence-electron chi connectivity index (χ4n) is 4.17. The Balaban J connectivity index is 1.62. The number of aliphatic hydroxyl groups excluding tert-OH is 2. The molecule has 3 heteroatoms. The van der Waals surface area contributed by atoms with Gasteiger partial charge in [-0.3, -0.25) is 0 Å². The van der Waals surface area contributed by atoms with Crippen LogP contribution in [0.1, 0.15) is 64.2 Å². The second-order valence-electron chi connectivity index (χ2n) is 7.73. The first-order chi connectivity index (χ1) is 11.1. The molecular formula is C20H34O3. The standard InChI is InChI=1S/C20H34O3/c1-15(11-17-3-7-19(13-21)8-4-17)23-16(2)12-18-5-9-20(14-22)10-6-18/h17-22H,1-14H2. The highest BCUT2D eigenvalue weighted by Gasteiger charge is 2.23. The largest absolute Gasteiger partial charge is 0.467 e. The van der Waals surface area contributed by atoms with Gasteiger partial charge in [0, 0.05) is 26.1 Å². The van der Waals surface area contributed by atoms with Gasteiger partial charge in [0.15, 0.2) is 0 Å². The molecule has 0 aromatic heterocycles. The van der Waals surface area contributed by atoms with Crippen LogP contribution < -0.4 is 0 Å². The average Bonchev–Trinajstić information content (AvgIpc) is 2.56. The van der Waals surface area contributed by atoms with Crippen LogP contribution in [0.25, 0.3) is 0 Å². The number of allylic oxidation sites excluding steroid dienone is 2. The topological polar surface area (TPSA) is 49.7 Å². The van der Waals surface area contributed by atoms with E-state index in [1.807, 2.05) is 0 Å². The first-order valence-electron chi connectivity index (χ1n) is 9.35. The van der Waals surface area contributed by atoms with Gasteiger partial charge in [0.05, 0.1) is 11.5 Å². The highest BCUT2D eigenvalue weighted by molar-refractivity contribution is 4.97. The summed E-state index contributed by atoms with van der Waals surface area (Å²) in [5.41, 5.74) is 0. The van der Waals surface area contributed by atoms with Crippen molar-refractivity contribution in [3.63, 3.8) is 0 Å². The minimum Gasteiger partial charge on any atom is -0.467 e. The van der Waals surface area contributed by atoms with Crippen molar-refractivity contribution in [2.45, 2.75) is 64.2 Å². The predicted octanol–water partition coefficient (Wildman–Crippen LogP) is 4.41. The van der Waals surface area contributed by atoms with Crippen molar-refractivity contribution in [3.05, 3.63) is 24.7 Å². The second-order valence-corrected chi connectivity index (χ2v) is 7.73. The molecule has 3 nitrogen and oxygen atoms in total. The molecule has 2 aliphatic carbocycles. The van der Waals surface area contributed by atoms with Gasteiger partial charge in [-0.2, -0.15) is 0 Å². The molecule has 0 bridgehead atoms. The molecule has 0 heterocycles. The van der Waals surface area contributed by atoms with Crippen LogP contribution in [-0.4, -0.2) is 23.4 Å². The molecule has 0 aliphatic heterocycles. The molecule has 0 aromatic rings. The quantitative estimate of drug-likeness (QED) is 0.651. The summed E-state index contributed by atoms with van der Waals surface area (Å²) in [6, 6.07) is 0. The Hall–Kier alpha value is -0.800. The van der Waals surface area contributed by atoms with E-state index in [0.29, 0.717) is 36.9 Å². The highest BCUT2D eigenvalue weighted by Crippen LogP contribution is 2.35. The second kappa shape index (κ2) is 9.48. The maximum atomic E-state index is 9.20. The smallest absolute Gasteiger partial charge is 0.0967 e. The van der Waals surface area contributed by atoms with Crippen molar-refractivity contribution >= 4 is 0 Å². The van der Waals surface area contributed by atoms with Gasteiger partial charge >= 0.3 is 0 Å². The molecule has 0 spiro atoms. The maximum Gasteiger partial charge on any atom is 0.0967 e. The molecular weight excluding hydrogens is 288 g/mol. The zero-order chi connectivity index (χ0) is 16.7. The molecule has 2 N–H and O–H groups in total. The molecule has 23 heavy (non-hydrogen) atoms. The Morgan fingerprint density at radius 2 is 0.957 bits per heavy atom. The lowest BCUT2D eigenvalue weighted by atomic mass is 9.80. The molecule has 2 fully saturated rings. The van der Waals surface area contributed by atoms with E-state index in [2.05, 4.69) is 13.2 Å². The van der Waals surface area contributed by atoms with Crippen LogP contribution in [0.5, 0.6) is 0 Å². The van der Waals surface area contributed by atoms with E-state index in [1.165, 1.54) is 25.7 Å². The summed E-state index contributed by atoms with van der Waals surface area (Å²) < 4.78 is 5.87. The van der Waals surface area contributed by atoms with E-state index in [-0.39, 0.29) is 0 Å².